The molecule has 2 rings (SSSR count). The molecule has 0 unspecified atom stereocenters. The van der Waals surface area contributed by atoms with Gasteiger partial charge in [-0.3, -0.25) is 14.5 Å². The summed E-state index contributed by atoms with van der Waals surface area (Å²) in [7, 11) is -1.37. The number of amides is 1. The summed E-state index contributed by atoms with van der Waals surface area (Å²) < 4.78 is 66.1. The standard InChI is InChI=1S/C18H26F3N3O5S/c1-22(28-2)30(26,27)16-6-3-5-15(13-16)17(25)24-10-8-23(9-11-24)7-4-12-29-14-18(19,20)21/h3,5-6,13H,4,7-12,14H2,1-2H3. The molecule has 1 aromatic rings. The van der Waals surface area contributed by atoms with E-state index >= 15 is 0 Å². The molecule has 1 aliphatic rings. The minimum absolute atomic E-state index is 0.0237. The van der Waals surface area contributed by atoms with Crippen LogP contribution in [0.25, 0.3) is 0 Å². The highest BCUT2D eigenvalue weighted by Crippen LogP contribution is 2.18. The van der Waals surface area contributed by atoms with Gasteiger partial charge in [-0.2, -0.15) is 13.2 Å². The number of carbonyl (C=O) groups is 1. The van der Waals surface area contributed by atoms with Crippen molar-refractivity contribution in [3.05, 3.63) is 29.8 Å². The van der Waals surface area contributed by atoms with E-state index in [1.165, 1.54) is 32.4 Å². The van der Waals surface area contributed by atoms with Crippen LogP contribution < -0.4 is 0 Å². The Bertz CT molecular complexity index is 812. The molecular formula is C18H26F3N3O5S. The van der Waals surface area contributed by atoms with E-state index in [1.54, 1.807) is 11.0 Å². The van der Waals surface area contributed by atoms with Crippen molar-refractivity contribution < 1.29 is 36.0 Å². The van der Waals surface area contributed by atoms with Gasteiger partial charge in [-0.25, -0.2) is 8.42 Å². The fourth-order valence-corrected chi connectivity index (χ4v) is 3.99. The molecule has 170 valence electrons. The minimum Gasteiger partial charge on any atom is -0.372 e. The van der Waals surface area contributed by atoms with Crippen LogP contribution in [0.1, 0.15) is 16.8 Å². The third-order valence-corrected chi connectivity index (χ3v) is 6.34. The lowest BCUT2D eigenvalue weighted by Crippen LogP contribution is -2.49. The van der Waals surface area contributed by atoms with E-state index in [0.29, 0.717) is 43.6 Å². The molecule has 0 aliphatic carbocycles. The predicted molar refractivity (Wildman–Crippen MR) is 102 cm³/mol. The Kier molecular flexibility index (Phi) is 8.62. The van der Waals surface area contributed by atoms with Crippen LogP contribution in [0, 0.1) is 0 Å². The molecule has 8 nitrogen and oxygen atoms in total. The van der Waals surface area contributed by atoms with Gasteiger partial charge < -0.3 is 9.64 Å². The summed E-state index contributed by atoms with van der Waals surface area (Å²) in [5.41, 5.74) is 0.259. The van der Waals surface area contributed by atoms with Crippen molar-refractivity contribution >= 4 is 15.9 Å². The van der Waals surface area contributed by atoms with Gasteiger partial charge in [-0.05, 0) is 24.6 Å². The van der Waals surface area contributed by atoms with Crippen molar-refractivity contribution in [2.24, 2.45) is 0 Å². The maximum Gasteiger partial charge on any atom is 0.411 e. The van der Waals surface area contributed by atoms with Crippen LogP contribution in [0.4, 0.5) is 13.2 Å². The number of ether oxygens (including phenoxy) is 1. The van der Waals surface area contributed by atoms with Gasteiger partial charge in [-0.15, -0.1) is 0 Å². The zero-order chi connectivity index (χ0) is 22.4. The summed E-state index contributed by atoms with van der Waals surface area (Å²) >= 11 is 0. The average molecular weight is 453 g/mol. The molecule has 1 saturated heterocycles. The molecule has 1 fully saturated rings. The molecule has 0 spiro atoms. The Hall–Kier alpha value is -1.73. The van der Waals surface area contributed by atoms with Gasteiger partial charge in [-0.1, -0.05) is 10.5 Å². The van der Waals surface area contributed by atoms with Crippen LogP contribution in [0.3, 0.4) is 0 Å². The second-order valence-corrected chi connectivity index (χ2v) is 8.72. The number of rotatable bonds is 9. The summed E-state index contributed by atoms with van der Waals surface area (Å²) in [6, 6.07) is 5.76. The van der Waals surface area contributed by atoms with Gasteiger partial charge in [0.1, 0.15) is 6.61 Å². The SMILES string of the molecule is CON(C)S(=O)(=O)c1cccc(C(=O)N2CCN(CCCOCC(F)(F)F)CC2)c1. The molecule has 1 amide bonds. The van der Waals surface area contributed by atoms with Crippen molar-refractivity contribution in [1.82, 2.24) is 14.3 Å². The zero-order valence-corrected chi connectivity index (χ0v) is 17.7. The Labute approximate surface area is 174 Å². The second kappa shape index (κ2) is 10.5. The maximum atomic E-state index is 12.8. The van der Waals surface area contributed by atoms with E-state index in [-0.39, 0.29) is 23.0 Å². The van der Waals surface area contributed by atoms with Crippen molar-refractivity contribution in [2.45, 2.75) is 17.5 Å². The molecule has 0 bridgehead atoms. The van der Waals surface area contributed by atoms with Crippen LogP contribution in [0.15, 0.2) is 29.2 Å². The normalized spacial score (nSPS) is 16.3. The van der Waals surface area contributed by atoms with Crippen molar-refractivity contribution in [2.75, 3.05) is 60.1 Å². The molecule has 12 heteroatoms. The number of nitrogens with zero attached hydrogens (tertiary/aromatic N) is 3. The highest BCUT2D eigenvalue weighted by Gasteiger charge is 2.28. The van der Waals surface area contributed by atoms with Crippen LogP contribution in [0.5, 0.6) is 0 Å². The van der Waals surface area contributed by atoms with Gasteiger partial charge in [0.05, 0.1) is 12.0 Å². The summed E-state index contributed by atoms with van der Waals surface area (Å²) in [5, 5.41) is 0. The Morgan fingerprint density at radius 1 is 1.20 bits per heavy atom. The smallest absolute Gasteiger partial charge is 0.372 e. The lowest BCUT2D eigenvalue weighted by molar-refractivity contribution is -0.174. The van der Waals surface area contributed by atoms with E-state index < -0.39 is 22.8 Å². The predicted octanol–water partition coefficient (Wildman–Crippen LogP) is 1.60. The van der Waals surface area contributed by atoms with Crippen molar-refractivity contribution in [3.63, 3.8) is 0 Å². The summed E-state index contributed by atoms with van der Waals surface area (Å²) in [5.74, 6) is -0.278. The minimum atomic E-state index is -4.32. The van der Waals surface area contributed by atoms with E-state index in [2.05, 4.69) is 9.64 Å². The average Bonchev–Trinajstić information content (AvgIpc) is 2.72. The van der Waals surface area contributed by atoms with E-state index in [4.69, 9.17) is 4.84 Å². The molecule has 0 radical (unpaired) electrons. The molecule has 0 atom stereocenters. The Balaban J connectivity index is 1.85. The third kappa shape index (κ3) is 6.91. The van der Waals surface area contributed by atoms with Gasteiger partial charge in [0.25, 0.3) is 15.9 Å². The molecule has 1 heterocycles. The first-order valence-corrected chi connectivity index (χ1v) is 10.8. The number of hydroxylamine groups is 1. The summed E-state index contributed by atoms with van der Waals surface area (Å²) in [4.78, 5) is 21.1. The second-order valence-electron chi connectivity index (χ2n) is 6.78. The number of benzene rings is 1. The molecule has 30 heavy (non-hydrogen) atoms. The number of carbonyl (C=O) groups excluding carboxylic acids is 1. The van der Waals surface area contributed by atoms with Crippen LogP contribution in [0.2, 0.25) is 0 Å². The summed E-state index contributed by atoms with van der Waals surface area (Å²) in [6.45, 7) is 1.40. The molecule has 0 N–H and O–H groups in total. The Morgan fingerprint density at radius 2 is 1.87 bits per heavy atom. The van der Waals surface area contributed by atoms with Crippen molar-refractivity contribution in [1.29, 1.82) is 0 Å². The van der Waals surface area contributed by atoms with E-state index in [1.807, 2.05) is 0 Å². The van der Waals surface area contributed by atoms with E-state index in [0.717, 1.165) is 0 Å². The third-order valence-electron chi connectivity index (χ3n) is 4.66. The van der Waals surface area contributed by atoms with Gasteiger partial charge in [0, 0.05) is 51.9 Å². The number of sulfonamides is 1. The highest BCUT2D eigenvalue weighted by atomic mass is 32.2. The lowest BCUT2D eigenvalue weighted by atomic mass is 10.2. The Morgan fingerprint density at radius 3 is 2.47 bits per heavy atom. The molecule has 1 aliphatic heterocycles. The van der Waals surface area contributed by atoms with Gasteiger partial charge >= 0.3 is 6.18 Å². The molecule has 1 aromatic carbocycles. The maximum absolute atomic E-state index is 12.8. The number of piperazine rings is 1. The fourth-order valence-electron chi connectivity index (χ4n) is 2.97. The van der Waals surface area contributed by atoms with Gasteiger partial charge in [0.15, 0.2) is 0 Å². The first-order valence-electron chi connectivity index (χ1n) is 9.34. The quantitative estimate of drug-likeness (QED) is 0.418. The number of halogens is 3. The number of hydrogen-bond acceptors (Lipinski definition) is 6. The van der Waals surface area contributed by atoms with E-state index in [9.17, 15) is 26.4 Å². The topological polar surface area (TPSA) is 79.4 Å². The van der Waals surface area contributed by atoms with Crippen LogP contribution in [-0.4, -0.2) is 94.9 Å². The monoisotopic (exact) mass is 453 g/mol. The number of hydrogen-bond donors (Lipinski definition) is 0. The van der Waals surface area contributed by atoms with Crippen LogP contribution >= 0.6 is 0 Å². The van der Waals surface area contributed by atoms with Crippen LogP contribution in [-0.2, 0) is 19.6 Å². The lowest BCUT2D eigenvalue weighted by Gasteiger charge is -2.34. The van der Waals surface area contributed by atoms with Crippen molar-refractivity contribution in [3.8, 4) is 0 Å². The molecule has 0 saturated carbocycles. The number of alkyl halides is 3. The molecular weight excluding hydrogens is 427 g/mol. The largest absolute Gasteiger partial charge is 0.411 e. The first-order chi connectivity index (χ1) is 14.0. The highest BCUT2D eigenvalue weighted by molar-refractivity contribution is 7.89. The van der Waals surface area contributed by atoms with Gasteiger partial charge in [0.2, 0.25) is 0 Å². The fraction of sp³-hybridized carbons (Fsp3) is 0.611. The molecule has 0 aromatic heterocycles. The first kappa shape index (κ1) is 24.5. The zero-order valence-electron chi connectivity index (χ0n) is 16.9. The summed E-state index contributed by atoms with van der Waals surface area (Å²) in [6.07, 6.45) is -3.85.